The van der Waals surface area contributed by atoms with Crippen LogP contribution in [0.4, 0.5) is 0 Å². The number of carbonyl (C=O) groups is 1. The summed E-state index contributed by atoms with van der Waals surface area (Å²) in [6, 6.07) is 7.12. The normalized spacial score (nSPS) is 10.4. The van der Waals surface area contributed by atoms with Crippen molar-refractivity contribution in [2.45, 2.75) is 13.8 Å². The number of carbonyl (C=O) groups excluding carboxylic acids is 1. The lowest BCUT2D eigenvalue weighted by molar-refractivity contribution is 0.100. The molecular formula is C12H13N3O. The molecule has 3 N–H and O–H groups in total. The van der Waals surface area contributed by atoms with Gasteiger partial charge in [-0.15, -0.1) is 0 Å². The third kappa shape index (κ3) is 1.82. The Morgan fingerprint density at radius 1 is 1.25 bits per heavy atom. The van der Waals surface area contributed by atoms with Gasteiger partial charge in [0, 0.05) is 16.8 Å². The predicted octanol–water partition coefficient (Wildman–Crippen LogP) is 1.79. The van der Waals surface area contributed by atoms with Crippen LogP contribution in [0, 0.1) is 13.8 Å². The SMILES string of the molecule is Cc1nc(-c2ccc(C(N)=O)cc2)c(C)[nH]1. The van der Waals surface area contributed by atoms with E-state index in [-0.39, 0.29) is 0 Å². The average Bonchev–Trinajstić information content (AvgIpc) is 2.58. The molecule has 1 aromatic heterocycles. The van der Waals surface area contributed by atoms with Gasteiger partial charge in [0.25, 0.3) is 0 Å². The number of amides is 1. The van der Waals surface area contributed by atoms with E-state index in [0.29, 0.717) is 5.56 Å². The van der Waals surface area contributed by atoms with Crippen LogP contribution in [0.2, 0.25) is 0 Å². The molecule has 4 nitrogen and oxygen atoms in total. The standard InChI is InChI=1S/C12H13N3O/c1-7-11(15-8(2)14-7)9-3-5-10(6-4-9)12(13)16/h3-6H,1-2H3,(H2,13,16)(H,14,15). The highest BCUT2D eigenvalue weighted by atomic mass is 16.1. The fraction of sp³-hybridized carbons (Fsp3) is 0.167. The van der Waals surface area contributed by atoms with E-state index in [1.54, 1.807) is 12.1 Å². The number of nitrogens with zero attached hydrogens (tertiary/aromatic N) is 1. The number of aromatic amines is 1. The van der Waals surface area contributed by atoms with Crippen molar-refractivity contribution in [3.8, 4) is 11.3 Å². The minimum atomic E-state index is -0.415. The number of aromatic nitrogens is 2. The first-order valence-electron chi connectivity index (χ1n) is 5.01. The minimum Gasteiger partial charge on any atom is -0.366 e. The number of benzene rings is 1. The zero-order chi connectivity index (χ0) is 11.7. The van der Waals surface area contributed by atoms with Gasteiger partial charge in [-0.1, -0.05) is 12.1 Å². The molecule has 0 bridgehead atoms. The van der Waals surface area contributed by atoms with Crippen LogP contribution in [-0.4, -0.2) is 15.9 Å². The van der Waals surface area contributed by atoms with Crippen LogP contribution in [0.1, 0.15) is 21.9 Å². The van der Waals surface area contributed by atoms with Gasteiger partial charge in [0.2, 0.25) is 5.91 Å². The molecule has 0 fully saturated rings. The molecule has 82 valence electrons. The monoisotopic (exact) mass is 215 g/mol. The predicted molar refractivity (Wildman–Crippen MR) is 62.0 cm³/mol. The van der Waals surface area contributed by atoms with Gasteiger partial charge in [0.05, 0.1) is 5.69 Å². The van der Waals surface area contributed by atoms with E-state index >= 15 is 0 Å². The number of H-pyrrole nitrogens is 1. The van der Waals surface area contributed by atoms with E-state index in [9.17, 15) is 4.79 Å². The van der Waals surface area contributed by atoms with Gasteiger partial charge in [-0.2, -0.15) is 0 Å². The Morgan fingerprint density at radius 2 is 1.88 bits per heavy atom. The van der Waals surface area contributed by atoms with Crippen molar-refractivity contribution in [2.24, 2.45) is 5.73 Å². The molecule has 0 saturated heterocycles. The van der Waals surface area contributed by atoms with Crippen LogP contribution in [0.3, 0.4) is 0 Å². The van der Waals surface area contributed by atoms with Crippen LogP contribution in [0.15, 0.2) is 24.3 Å². The van der Waals surface area contributed by atoms with E-state index in [2.05, 4.69) is 9.97 Å². The largest absolute Gasteiger partial charge is 0.366 e. The van der Waals surface area contributed by atoms with Crippen molar-refractivity contribution in [3.63, 3.8) is 0 Å². The van der Waals surface area contributed by atoms with Crippen molar-refractivity contribution in [2.75, 3.05) is 0 Å². The maximum Gasteiger partial charge on any atom is 0.248 e. The molecule has 1 heterocycles. The van der Waals surface area contributed by atoms with E-state index < -0.39 is 5.91 Å². The molecule has 0 aliphatic rings. The summed E-state index contributed by atoms with van der Waals surface area (Å²) in [6.45, 7) is 3.88. The number of nitrogens with one attached hydrogen (secondary N) is 1. The Bertz CT molecular complexity index is 526. The van der Waals surface area contributed by atoms with Gasteiger partial charge >= 0.3 is 0 Å². The van der Waals surface area contributed by atoms with Gasteiger partial charge in [0.15, 0.2) is 0 Å². The maximum absolute atomic E-state index is 10.9. The Hall–Kier alpha value is -2.10. The lowest BCUT2D eigenvalue weighted by atomic mass is 10.1. The van der Waals surface area contributed by atoms with Gasteiger partial charge in [-0.05, 0) is 26.0 Å². The summed E-state index contributed by atoms with van der Waals surface area (Å²) >= 11 is 0. The van der Waals surface area contributed by atoms with Crippen LogP contribution >= 0.6 is 0 Å². The van der Waals surface area contributed by atoms with Gasteiger partial charge < -0.3 is 10.7 Å². The molecule has 0 spiro atoms. The minimum absolute atomic E-state index is 0.415. The molecule has 4 heteroatoms. The van der Waals surface area contributed by atoms with E-state index in [4.69, 9.17) is 5.73 Å². The van der Waals surface area contributed by atoms with Crippen LogP contribution < -0.4 is 5.73 Å². The number of hydrogen-bond donors (Lipinski definition) is 2. The summed E-state index contributed by atoms with van der Waals surface area (Å²) in [7, 11) is 0. The van der Waals surface area contributed by atoms with E-state index in [1.165, 1.54) is 0 Å². The first-order chi connectivity index (χ1) is 7.58. The highest BCUT2D eigenvalue weighted by Crippen LogP contribution is 2.21. The number of primary amides is 1. The fourth-order valence-electron chi connectivity index (χ4n) is 1.68. The second-order valence-corrected chi connectivity index (χ2v) is 3.74. The van der Waals surface area contributed by atoms with E-state index in [0.717, 1.165) is 22.8 Å². The molecule has 0 unspecified atom stereocenters. The molecule has 0 atom stereocenters. The summed E-state index contributed by atoms with van der Waals surface area (Å²) in [5.41, 5.74) is 8.59. The number of aryl methyl sites for hydroxylation is 2. The van der Waals surface area contributed by atoms with Gasteiger partial charge in [0.1, 0.15) is 5.82 Å². The molecule has 1 aromatic carbocycles. The first kappa shape index (κ1) is 10.4. The zero-order valence-corrected chi connectivity index (χ0v) is 9.24. The Morgan fingerprint density at radius 3 is 2.31 bits per heavy atom. The first-order valence-corrected chi connectivity index (χ1v) is 5.01. The van der Waals surface area contributed by atoms with Crippen molar-refractivity contribution in [3.05, 3.63) is 41.3 Å². The lowest BCUT2D eigenvalue weighted by Crippen LogP contribution is -2.10. The Labute approximate surface area is 93.5 Å². The summed E-state index contributed by atoms with van der Waals surface area (Å²) < 4.78 is 0. The zero-order valence-electron chi connectivity index (χ0n) is 9.24. The topological polar surface area (TPSA) is 71.8 Å². The number of rotatable bonds is 2. The van der Waals surface area contributed by atoms with Crippen molar-refractivity contribution in [1.29, 1.82) is 0 Å². The molecule has 0 aliphatic carbocycles. The second-order valence-electron chi connectivity index (χ2n) is 3.74. The van der Waals surface area contributed by atoms with Crippen LogP contribution in [0.5, 0.6) is 0 Å². The third-order valence-electron chi connectivity index (χ3n) is 2.45. The smallest absolute Gasteiger partial charge is 0.248 e. The quantitative estimate of drug-likeness (QED) is 0.801. The second kappa shape index (κ2) is 3.81. The van der Waals surface area contributed by atoms with Gasteiger partial charge in [-0.3, -0.25) is 4.79 Å². The lowest BCUT2D eigenvalue weighted by Gasteiger charge is -2.00. The third-order valence-corrected chi connectivity index (χ3v) is 2.45. The maximum atomic E-state index is 10.9. The molecule has 1 amide bonds. The van der Waals surface area contributed by atoms with Crippen LogP contribution in [0.25, 0.3) is 11.3 Å². The Balaban J connectivity index is 2.42. The summed E-state index contributed by atoms with van der Waals surface area (Å²) in [5.74, 6) is 0.466. The number of imidazole rings is 1. The number of hydrogen-bond acceptors (Lipinski definition) is 2. The van der Waals surface area contributed by atoms with E-state index in [1.807, 2.05) is 26.0 Å². The van der Waals surface area contributed by atoms with Crippen LogP contribution in [-0.2, 0) is 0 Å². The van der Waals surface area contributed by atoms with Crippen molar-refractivity contribution < 1.29 is 4.79 Å². The summed E-state index contributed by atoms with van der Waals surface area (Å²) in [5, 5.41) is 0. The highest BCUT2D eigenvalue weighted by Gasteiger charge is 2.07. The molecule has 0 saturated carbocycles. The molecule has 0 radical (unpaired) electrons. The fourth-order valence-corrected chi connectivity index (χ4v) is 1.68. The molecule has 2 aromatic rings. The Kier molecular flexibility index (Phi) is 2.48. The number of nitrogens with two attached hydrogens (primary N) is 1. The average molecular weight is 215 g/mol. The van der Waals surface area contributed by atoms with Crippen molar-refractivity contribution in [1.82, 2.24) is 9.97 Å². The van der Waals surface area contributed by atoms with Crippen molar-refractivity contribution >= 4 is 5.91 Å². The molecule has 0 aliphatic heterocycles. The molecular weight excluding hydrogens is 202 g/mol. The summed E-state index contributed by atoms with van der Waals surface area (Å²) in [6.07, 6.45) is 0. The van der Waals surface area contributed by atoms with Gasteiger partial charge in [-0.25, -0.2) is 4.98 Å². The molecule has 16 heavy (non-hydrogen) atoms. The summed E-state index contributed by atoms with van der Waals surface area (Å²) in [4.78, 5) is 18.4. The molecule has 2 rings (SSSR count). The highest BCUT2D eigenvalue weighted by molar-refractivity contribution is 5.93.